The normalized spacial score (nSPS) is 12.4. The van der Waals surface area contributed by atoms with Crippen LogP contribution in [0.2, 0.25) is 0 Å². The molecule has 188 valence electrons. The number of fused-ring (bicyclic) bond motifs is 1. The third-order valence-corrected chi connectivity index (χ3v) is 7.62. The minimum atomic E-state index is -4.13. The van der Waals surface area contributed by atoms with Gasteiger partial charge < -0.3 is 18.9 Å². The third-order valence-electron chi connectivity index (χ3n) is 5.16. The highest BCUT2D eigenvalue weighted by atomic mass is 79.9. The molecule has 1 aliphatic heterocycles. The number of anilines is 1. The number of hydrazone groups is 1. The van der Waals surface area contributed by atoms with Gasteiger partial charge in [-0.15, -0.1) is 0 Å². The van der Waals surface area contributed by atoms with Crippen molar-refractivity contribution in [3.05, 3.63) is 70.7 Å². The van der Waals surface area contributed by atoms with E-state index >= 15 is 0 Å². The highest BCUT2D eigenvalue weighted by molar-refractivity contribution is 9.10. The molecule has 3 aromatic rings. The van der Waals surface area contributed by atoms with Crippen molar-refractivity contribution in [2.24, 2.45) is 5.10 Å². The Bertz CT molecular complexity index is 1400. The highest BCUT2D eigenvalue weighted by Crippen LogP contribution is 2.37. The molecule has 0 fully saturated rings. The molecule has 1 heterocycles. The maximum Gasteiger partial charge on any atom is 0.264 e. The highest BCUT2D eigenvalue weighted by Gasteiger charge is 2.29. The Morgan fingerprint density at radius 2 is 1.81 bits per heavy atom. The summed E-state index contributed by atoms with van der Waals surface area (Å²) in [4.78, 5) is 12.9. The Kier molecular flexibility index (Phi) is 7.65. The van der Waals surface area contributed by atoms with Crippen LogP contribution in [0, 0.1) is 0 Å². The molecule has 36 heavy (non-hydrogen) atoms. The van der Waals surface area contributed by atoms with Crippen LogP contribution in [0.3, 0.4) is 0 Å². The molecule has 0 unspecified atom stereocenters. The van der Waals surface area contributed by atoms with E-state index in [1.54, 1.807) is 36.4 Å². The van der Waals surface area contributed by atoms with Crippen molar-refractivity contribution < 1.29 is 32.2 Å². The lowest BCUT2D eigenvalue weighted by Crippen LogP contribution is -2.39. The van der Waals surface area contributed by atoms with Crippen molar-refractivity contribution in [1.82, 2.24) is 5.43 Å². The topological polar surface area (TPSA) is 116 Å². The van der Waals surface area contributed by atoms with E-state index in [-0.39, 0.29) is 23.1 Å². The fraction of sp³-hybridized carbons (Fsp3) is 0.167. The van der Waals surface area contributed by atoms with Gasteiger partial charge in [-0.2, -0.15) is 5.10 Å². The molecule has 10 nitrogen and oxygen atoms in total. The Labute approximate surface area is 216 Å². The maximum atomic E-state index is 13.5. The number of halogens is 1. The van der Waals surface area contributed by atoms with Crippen LogP contribution < -0.4 is 28.7 Å². The van der Waals surface area contributed by atoms with Gasteiger partial charge in [0, 0.05) is 16.1 Å². The molecule has 0 aromatic heterocycles. The van der Waals surface area contributed by atoms with Crippen LogP contribution in [0.1, 0.15) is 5.56 Å². The molecular weight excluding hydrogens is 554 g/mol. The number of rotatable bonds is 9. The first kappa shape index (κ1) is 25.3. The molecule has 0 atom stereocenters. The number of methoxy groups -OCH3 is 2. The molecule has 1 amide bonds. The molecule has 0 radical (unpaired) electrons. The maximum absolute atomic E-state index is 13.5. The standard InChI is InChI=1S/C24H22BrN3O7S/c1-32-17-8-9-20(21(11-17)33-2)28(36(30,31)18-6-4-3-5-7-18)14-24(29)27-26-13-16-10-22-23(12-19(16)25)35-15-34-22/h3-13H,14-15H2,1-2H3,(H,27,29). The number of carbonyl (C=O) groups is 1. The summed E-state index contributed by atoms with van der Waals surface area (Å²) in [5.74, 6) is 1.17. The van der Waals surface area contributed by atoms with E-state index in [4.69, 9.17) is 18.9 Å². The Hall–Kier alpha value is -3.77. The molecule has 3 aromatic carbocycles. The summed E-state index contributed by atoms with van der Waals surface area (Å²) in [6, 6.07) is 15.9. The van der Waals surface area contributed by atoms with Gasteiger partial charge in [0.2, 0.25) is 6.79 Å². The summed E-state index contributed by atoms with van der Waals surface area (Å²) < 4.78 is 50.0. The van der Waals surface area contributed by atoms with Crippen molar-refractivity contribution in [3.8, 4) is 23.0 Å². The van der Waals surface area contributed by atoms with Gasteiger partial charge in [-0.3, -0.25) is 9.10 Å². The van der Waals surface area contributed by atoms with E-state index in [2.05, 4.69) is 26.5 Å². The van der Waals surface area contributed by atoms with Gasteiger partial charge in [0.25, 0.3) is 15.9 Å². The van der Waals surface area contributed by atoms with Gasteiger partial charge in [-0.1, -0.05) is 18.2 Å². The molecule has 1 N–H and O–H groups in total. The van der Waals surface area contributed by atoms with E-state index in [0.717, 1.165) is 4.31 Å². The van der Waals surface area contributed by atoms with Crippen molar-refractivity contribution in [3.63, 3.8) is 0 Å². The fourth-order valence-electron chi connectivity index (χ4n) is 3.38. The summed E-state index contributed by atoms with van der Waals surface area (Å²) >= 11 is 3.42. The van der Waals surface area contributed by atoms with Gasteiger partial charge >= 0.3 is 0 Å². The number of amides is 1. The smallest absolute Gasteiger partial charge is 0.264 e. The number of benzene rings is 3. The lowest BCUT2D eigenvalue weighted by molar-refractivity contribution is -0.119. The Morgan fingerprint density at radius 1 is 1.08 bits per heavy atom. The SMILES string of the molecule is COc1ccc(N(CC(=O)NN=Cc2cc3c(cc2Br)OCO3)S(=O)(=O)c2ccccc2)c(OC)c1. The zero-order valence-corrected chi connectivity index (χ0v) is 21.7. The number of hydrogen-bond donors (Lipinski definition) is 1. The van der Waals surface area contributed by atoms with Gasteiger partial charge in [-0.05, 0) is 52.3 Å². The average Bonchev–Trinajstić information content (AvgIpc) is 3.34. The first-order chi connectivity index (χ1) is 17.3. The van der Waals surface area contributed by atoms with E-state index in [9.17, 15) is 13.2 Å². The first-order valence-electron chi connectivity index (χ1n) is 10.5. The number of ether oxygens (including phenoxy) is 4. The monoisotopic (exact) mass is 575 g/mol. The van der Waals surface area contributed by atoms with Crippen LogP contribution in [-0.2, 0) is 14.8 Å². The van der Waals surface area contributed by atoms with Gasteiger partial charge in [0.15, 0.2) is 11.5 Å². The lowest BCUT2D eigenvalue weighted by atomic mass is 10.2. The van der Waals surface area contributed by atoms with Crippen molar-refractivity contribution in [2.45, 2.75) is 4.90 Å². The number of sulfonamides is 1. The minimum Gasteiger partial charge on any atom is -0.497 e. The number of nitrogens with zero attached hydrogens (tertiary/aromatic N) is 2. The van der Waals surface area contributed by atoms with E-state index in [1.807, 2.05) is 0 Å². The van der Waals surface area contributed by atoms with Crippen LogP contribution in [0.5, 0.6) is 23.0 Å². The molecule has 0 saturated heterocycles. The first-order valence-corrected chi connectivity index (χ1v) is 12.8. The predicted octanol–water partition coefficient (Wildman–Crippen LogP) is 3.54. The number of nitrogens with one attached hydrogen (secondary N) is 1. The van der Waals surface area contributed by atoms with Crippen molar-refractivity contribution >= 4 is 43.8 Å². The zero-order chi connectivity index (χ0) is 25.7. The molecule has 0 spiro atoms. The predicted molar refractivity (Wildman–Crippen MR) is 137 cm³/mol. The van der Waals surface area contributed by atoms with Crippen LogP contribution in [-0.4, -0.2) is 48.1 Å². The molecule has 0 bridgehead atoms. The molecular formula is C24H22BrN3O7S. The van der Waals surface area contributed by atoms with Gasteiger partial charge in [-0.25, -0.2) is 13.8 Å². The largest absolute Gasteiger partial charge is 0.497 e. The summed E-state index contributed by atoms with van der Waals surface area (Å²) in [5, 5.41) is 3.98. The van der Waals surface area contributed by atoms with Gasteiger partial charge in [0.1, 0.15) is 18.0 Å². The fourth-order valence-corrected chi connectivity index (χ4v) is 5.26. The number of carbonyl (C=O) groups excluding carboxylic acids is 1. The zero-order valence-electron chi connectivity index (χ0n) is 19.3. The second-order valence-electron chi connectivity index (χ2n) is 7.38. The molecule has 0 saturated carbocycles. The second-order valence-corrected chi connectivity index (χ2v) is 10.1. The van der Waals surface area contributed by atoms with Gasteiger partial charge in [0.05, 0.1) is 31.0 Å². The molecule has 1 aliphatic rings. The second kappa shape index (κ2) is 10.9. The van der Waals surface area contributed by atoms with Crippen LogP contribution in [0.4, 0.5) is 5.69 Å². The molecule has 4 rings (SSSR count). The summed E-state index contributed by atoms with van der Waals surface area (Å²) in [6.07, 6.45) is 1.41. The van der Waals surface area contributed by atoms with Crippen LogP contribution in [0.15, 0.2) is 75.1 Å². The Morgan fingerprint density at radius 3 is 2.50 bits per heavy atom. The summed E-state index contributed by atoms with van der Waals surface area (Å²) in [5.41, 5.74) is 3.17. The van der Waals surface area contributed by atoms with E-state index in [0.29, 0.717) is 27.3 Å². The third kappa shape index (κ3) is 5.39. The van der Waals surface area contributed by atoms with Crippen LogP contribution >= 0.6 is 15.9 Å². The van der Waals surface area contributed by atoms with Crippen molar-refractivity contribution in [2.75, 3.05) is 31.9 Å². The van der Waals surface area contributed by atoms with Crippen LogP contribution in [0.25, 0.3) is 0 Å². The summed E-state index contributed by atoms with van der Waals surface area (Å²) in [7, 11) is -1.25. The lowest BCUT2D eigenvalue weighted by Gasteiger charge is -2.25. The van der Waals surface area contributed by atoms with Crippen molar-refractivity contribution in [1.29, 1.82) is 0 Å². The number of hydrogen-bond acceptors (Lipinski definition) is 8. The summed E-state index contributed by atoms with van der Waals surface area (Å²) in [6.45, 7) is -0.431. The Balaban J connectivity index is 1.60. The van der Waals surface area contributed by atoms with E-state index in [1.165, 1.54) is 44.7 Å². The molecule has 0 aliphatic carbocycles. The average molecular weight is 576 g/mol. The molecule has 12 heteroatoms. The quantitative estimate of drug-likeness (QED) is 0.306. The minimum absolute atomic E-state index is 0.0171. The van der Waals surface area contributed by atoms with E-state index < -0.39 is 22.5 Å².